The average Bonchev–Trinajstić information content (AvgIpc) is 2.96. The van der Waals surface area contributed by atoms with Crippen LogP contribution in [0.5, 0.6) is 0 Å². The Kier molecular flexibility index (Phi) is 4.95. The Morgan fingerprint density at radius 3 is 2.72 bits per heavy atom. The standard InChI is InChI=1S/C18H19N5OS/c1-3-13-8-4-5-9-14(13)20-18(25)22-21-17(24)16-12(2)19-15-10-6-7-11-23(15)16/h4-11H,3H2,1-2H3,(H,21,24)(H2,20,22,25). The number of thiocarbonyl (C=S) groups is 1. The number of nitrogens with zero attached hydrogens (tertiary/aromatic N) is 2. The van der Waals surface area contributed by atoms with E-state index in [1.165, 1.54) is 0 Å². The highest BCUT2D eigenvalue weighted by Gasteiger charge is 2.16. The van der Waals surface area contributed by atoms with E-state index in [4.69, 9.17) is 12.2 Å². The molecule has 128 valence electrons. The number of imidazole rings is 1. The molecular weight excluding hydrogens is 334 g/mol. The molecule has 0 saturated heterocycles. The Labute approximate surface area is 151 Å². The Balaban J connectivity index is 1.67. The second-order valence-electron chi connectivity index (χ2n) is 5.52. The smallest absolute Gasteiger partial charge is 0.288 e. The lowest BCUT2D eigenvalue weighted by Crippen LogP contribution is -2.44. The summed E-state index contributed by atoms with van der Waals surface area (Å²) in [4.78, 5) is 16.9. The maximum Gasteiger partial charge on any atom is 0.288 e. The van der Waals surface area contributed by atoms with Gasteiger partial charge in [0.2, 0.25) is 0 Å². The molecule has 3 rings (SSSR count). The minimum Gasteiger partial charge on any atom is -0.331 e. The lowest BCUT2D eigenvalue weighted by molar-refractivity contribution is 0.0937. The molecule has 0 bridgehead atoms. The molecule has 0 saturated carbocycles. The summed E-state index contributed by atoms with van der Waals surface area (Å²) in [7, 11) is 0. The number of benzene rings is 1. The van der Waals surface area contributed by atoms with Gasteiger partial charge in [-0.05, 0) is 49.3 Å². The molecule has 25 heavy (non-hydrogen) atoms. The van der Waals surface area contributed by atoms with Gasteiger partial charge in [0.15, 0.2) is 5.11 Å². The maximum atomic E-state index is 12.5. The van der Waals surface area contributed by atoms with Crippen LogP contribution >= 0.6 is 12.2 Å². The lowest BCUT2D eigenvalue weighted by Gasteiger charge is -2.14. The van der Waals surface area contributed by atoms with Crippen molar-refractivity contribution in [3.63, 3.8) is 0 Å². The van der Waals surface area contributed by atoms with Crippen LogP contribution < -0.4 is 16.2 Å². The number of carbonyl (C=O) groups is 1. The van der Waals surface area contributed by atoms with Crippen molar-refractivity contribution >= 4 is 34.6 Å². The van der Waals surface area contributed by atoms with Crippen molar-refractivity contribution < 1.29 is 4.79 Å². The number of fused-ring (bicyclic) bond motifs is 1. The van der Waals surface area contributed by atoms with Crippen LogP contribution in [0.3, 0.4) is 0 Å². The first-order valence-electron chi connectivity index (χ1n) is 7.99. The fourth-order valence-electron chi connectivity index (χ4n) is 2.66. The molecule has 0 atom stereocenters. The highest BCUT2D eigenvalue weighted by atomic mass is 32.1. The Morgan fingerprint density at radius 2 is 1.92 bits per heavy atom. The van der Waals surface area contributed by atoms with E-state index in [1.807, 2.05) is 42.5 Å². The topological polar surface area (TPSA) is 70.5 Å². The Hall–Kier alpha value is -2.93. The molecular formula is C18H19N5OS. The number of carbonyl (C=O) groups excluding carboxylic acids is 1. The third-order valence-electron chi connectivity index (χ3n) is 3.86. The number of anilines is 1. The summed E-state index contributed by atoms with van der Waals surface area (Å²) in [5.74, 6) is -0.302. The number of nitrogens with one attached hydrogen (secondary N) is 3. The third kappa shape index (κ3) is 3.61. The molecule has 2 heterocycles. The number of aryl methyl sites for hydroxylation is 2. The largest absolute Gasteiger partial charge is 0.331 e. The first-order chi connectivity index (χ1) is 12.1. The second kappa shape index (κ2) is 7.31. The molecule has 1 amide bonds. The molecule has 0 aliphatic rings. The van der Waals surface area contributed by atoms with E-state index in [-0.39, 0.29) is 5.91 Å². The van der Waals surface area contributed by atoms with E-state index >= 15 is 0 Å². The predicted octanol–water partition coefficient (Wildman–Crippen LogP) is 2.84. The third-order valence-corrected chi connectivity index (χ3v) is 4.06. The molecule has 6 nitrogen and oxygen atoms in total. The molecule has 0 radical (unpaired) electrons. The van der Waals surface area contributed by atoms with Gasteiger partial charge >= 0.3 is 0 Å². The Morgan fingerprint density at radius 1 is 1.16 bits per heavy atom. The van der Waals surface area contributed by atoms with E-state index in [0.717, 1.165) is 23.3 Å². The highest BCUT2D eigenvalue weighted by molar-refractivity contribution is 7.80. The fraction of sp³-hybridized carbons (Fsp3) is 0.167. The SMILES string of the molecule is CCc1ccccc1NC(=S)NNC(=O)c1c(C)nc2ccccn12. The fourth-order valence-corrected chi connectivity index (χ4v) is 2.82. The van der Waals surface area contributed by atoms with E-state index in [0.29, 0.717) is 16.5 Å². The number of hydrogen-bond donors (Lipinski definition) is 3. The summed E-state index contributed by atoms with van der Waals surface area (Å²) in [5.41, 5.74) is 9.28. The van der Waals surface area contributed by atoms with Crippen molar-refractivity contribution in [1.29, 1.82) is 0 Å². The van der Waals surface area contributed by atoms with E-state index in [2.05, 4.69) is 28.1 Å². The van der Waals surface area contributed by atoms with Crippen LogP contribution in [0.2, 0.25) is 0 Å². The van der Waals surface area contributed by atoms with Crippen LogP contribution in [-0.2, 0) is 6.42 Å². The number of aromatic nitrogens is 2. The molecule has 2 aromatic heterocycles. The second-order valence-corrected chi connectivity index (χ2v) is 5.93. The van der Waals surface area contributed by atoms with Crippen LogP contribution in [0, 0.1) is 6.92 Å². The zero-order chi connectivity index (χ0) is 17.8. The first-order valence-corrected chi connectivity index (χ1v) is 8.40. The summed E-state index contributed by atoms with van der Waals surface area (Å²) in [6, 6.07) is 13.5. The van der Waals surface area contributed by atoms with Gasteiger partial charge in [-0.2, -0.15) is 0 Å². The van der Waals surface area contributed by atoms with Gasteiger partial charge < -0.3 is 5.32 Å². The van der Waals surface area contributed by atoms with Crippen molar-refractivity contribution in [3.8, 4) is 0 Å². The predicted molar refractivity (Wildman–Crippen MR) is 103 cm³/mol. The van der Waals surface area contributed by atoms with Gasteiger partial charge in [0.05, 0.1) is 5.69 Å². The molecule has 1 aromatic carbocycles. The first kappa shape index (κ1) is 16.9. The lowest BCUT2D eigenvalue weighted by atomic mass is 10.1. The van der Waals surface area contributed by atoms with E-state index < -0.39 is 0 Å². The summed E-state index contributed by atoms with van der Waals surface area (Å²) < 4.78 is 1.75. The zero-order valence-corrected chi connectivity index (χ0v) is 14.9. The number of rotatable bonds is 3. The van der Waals surface area contributed by atoms with Crippen molar-refractivity contribution in [3.05, 3.63) is 65.6 Å². The minimum atomic E-state index is -0.302. The molecule has 3 N–H and O–H groups in total. The van der Waals surface area contributed by atoms with Gasteiger partial charge in [-0.3, -0.25) is 20.0 Å². The van der Waals surface area contributed by atoms with Crippen LogP contribution in [0.15, 0.2) is 48.7 Å². The number of hydrogen-bond acceptors (Lipinski definition) is 3. The van der Waals surface area contributed by atoms with Crippen molar-refractivity contribution in [2.75, 3.05) is 5.32 Å². The van der Waals surface area contributed by atoms with Gasteiger partial charge in [-0.25, -0.2) is 4.98 Å². The van der Waals surface area contributed by atoms with Gasteiger partial charge in [0.25, 0.3) is 5.91 Å². The normalized spacial score (nSPS) is 10.5. The van der Waals surface area contributed by atoms with Crippen LogP contribution in [0.25, 0.3) is 5.65 Å². The monoisotopic (exact) mass is 353 g/mol. The summed E-state index contributed by atoms with van der Waals surface area (Å²) in [6.07, 6.45) is 2.69. The van der Waals surface area contributed by atoms with Gasteiger partial charge in [0.1, 0.15) is 11.3 Å². The molecule has 0 spiro atoms. The van der Waals surface area contributed by atoms with Gasteiger partial charge in [0, 0.05) is 11.9 Å². The number of para-hydroxylation sites is 1. The number of hydrazine groups is 1. The molecule has 0 unspecified atom stereocenters. The van der Waals surface area contributed by atoms with E-state index in [1.54, 1.807) is 17.5 Å². The average molecular weight is 353 g/mol. The highest BCUT2D eigenvalue weighted by Crippen LogP contribution is 2.15. The summed E-state index contributed by atoms with van der Waals surface area (Å²) in [5, 5.41) is 3.42. The van der Waals surface area contributed by atoms with Gasteiger partial charge in [-0.1, -0.05) is 31.2 Å². The summed E-state index contributed by atoms with van der Waals surface area (Å²) >= 11 is 5.26. The maximum absolute atomic E-state index is 12.5. The number of pyridine rings is 1. The summed E-state index contributed by atoms with van der Waals surface area (Å²) in [6.45, 7) is 3.88. The van der Waals surface area contributed by atoms with Gasteiger partial charge in [-0.15, -0.1) is 0 Å². The molecule has 3 aromatic rings. The Bertz CT molecular complexity index is 934. The quantitative estimate of drug-likeness (QED) is 0.499. The molecule has 0 aliphatic carbocycles. The number of amides is 1. The van der Waals surface area contributed by atoms with Crippen LogP contribution in [0.4, 0.5) is 5.69 Å². The van der Waals surface area contributed by atoms with Crippen molar-refractivity contribution in [2.45, 2.75) is 20.3 Å². The van der Waals surface area contributed by atoms with Crippen LogP contribution in [0.1, 0.15) is 28.7 Å². The molecule has 0 aliphatic heterocycles. The van der Waals surface area contributed by atoms with E-state index in [9.17, 15) is 4.79 Å². The molecule has 7 heteroatoms. The zero-order valence-electron chi connectivity index (χ0n) is 14.0. The van der Waals surface area contributed by atoms with Crippen molar-refractivity contribution in [2.24, 2.45) is 0 Å². The minimum absolute atomic E-state index is 0.302. The molecule has 0 fully saturated rings. The van der Waals surface area contributed by atoms with Crippen molar-refractivity contribution in [1.82, 2.24) is 20.2 Å². The van der Waals surface area contributed by atoms with Crippen LogP contribution in [-0.4, -0.2) is 20.4 Å².